The van der Waals surface area contributed by atoms with Crippen LogP contribution in [0.25, 0.3) is 0 Å². The van der Waals surface area contributed by atoms with E-state index in [0.29, 0.717) is 24.3 Å². The van der Waals surface area contributed by atoms with Crippen molar-refractivity contribution in [3.8, 4) is 0 Å². The Morgan fingerprint density at radius 3 is 1.29 bits per heavy atom. The first kappa shape index (κ1) is 30.4. The van der Waals surface area contributed by atoms with Crippen LogP contribution in [0.3, 0.4) is 0 Å². The number of hydrogen-bond acceptors (Lipinski definition) is 4. The Morgan fingerprint density at radius 2 is 0.914 bits per heavy atom. The Morgan fingerprint density at radius 1 is 0.543 bits per heavy atom. The molecule has 2 rings (SSSR count). The zero-order valence-corrected chi connectivity index (χ0v) is 22.2. The molecule has 0 fully saturated rings. The summed E-state index contributed by atoms with van der Waals surface area (Å²) in [7, 11) is 0. The molecule has 0 radical (unpaired) electrons. The minimum Gasteiger partial charge on any atom is -0.462 e. The van der Waals surface area contributed by atoms with E-state index in [-0.39, 0.29) is 0 Å². The summed E-state index contributed by atoms with van der Waals surface area (Å²) < 4.78 is 10.7. The van der Waals surface area contributed by atoms with Crippen molar-refractivity contribution in [3.05, 3.63) is 71.3 Å². The fraction of sp³-hybridized carbons (Fsp3) is 0.548. The Bertz CT molecular complexity index is 752. The maximum atomic E-state index is 12.4. The highest BCUT2D eigenvalue weighted by Gasteiger charge is 2.18. The van der Waals surface area contributed by atoms with Gasteiger partial charge in [0.05, 0.1) is 24.3 Å². The van der Waals surface area contributed by atoms with E-state index < -0.39 is 11.9 Å². The normalized spacial score (nSPS) is 10.3. The van der Waals surface area contributed by atoms with Crippen LogP contribution in [0.2, 0.25) is 0 Å². The van der Waals surface area contributed by atoms with Gasteiger partial charge in [0.1, 0.15) is 0 Å². The lowest BCUT2D eigenvalue weighted by atomic mass is 10.1. The molecule has 0 aromatic heterocycles. The second-order valence-electron chi connectivity index (χ2n) is 9.01. The van der Waals surface area contributed by atoms with Crippen molar-refractivity contribution in [3.63, 3.8) is 0 Å². The predicted octanol–water partition coefficient (Wildman–Crippen LogP) is 8.72. The minimum absolute atomic E-state index is 0.293. The molecule has 35 heavy (non-hydrogen) atoms. The van der Waals surface area contributed by atoms with Crippen LogP contribution in [-0.2, 0) is 9.47 Å². The molecule has 0 saturated heterocycles. The number of rotatable bonds is 16. The maximum Gasteiger partial charge on any atom is 0.339 e. The molecule has 0 aliphatic heterocycles. The third-order valence-corrected chi connectivity index (χ3v) is 5.77. The van der Waals surface area contributed by atoms with E-state index in [0.717, 1.165) is 25.7 Å². The lowest BCUT2D eigenvalue weighted by Gasteiger charge is -2.10. The van der Waals surface area contributed by atoms with Crippen LogP contribution < -0.4 is 0 Å². The molecule has 0 N–H and O–H groups in total. The summed E-state index contributed by atoms with van der Waals surface area (Å²) in [6.07, 6.45) is 13.6. The number of carbonyl (C=O) groups is 2. The number of unbranched alkanes of at least 4 members (excludes halogenated alkanes) is 10. The highest BCUT2D eigenvalue weighted by molar-refractivity contribution is 6.03. The van der Waals surface area contributed by atoms with E-state index in [1.807, 2.05) is 18.2 Å². The van der Waals surface area contributed by atoms with E-state index in [9.17, 15) is 9.59 Å². The quantitative estimate of drug-likeness (QED) is 0.177. The second-order valence-corrected chi connectivity index (χ2v) is 9.01. The molecule has 2 aromatic rings. The number of carbonyl (C=O) groups excluding carboxylic acids is 2. The van der Waals surface area contributed by atoms with Gasteiger partial charge in [-0.05, 0) is 31.9 Å². The molecule has 0 heterocycles. The van der Waals surface area contributed by atoms with Crippen molar-refractivity contribution in [2.45, 2.75) is 97.8 Å². The molecule has 0 aliphatic carbocycles. The van der Waals surface area contributed by atoms with E-state index in [1.54, 1.807) is 24.3 Å². The van der Waals surface area contributed by atoms with Crippen molar-refractivity contribution in [1.82, 2.24) is 0 Å². The largest absolute Gasteiger partial charge is 0.462 e. The monoisotopic (exact) mass is 482 g/mol. The molecule has 0 atom stereocenters. The molecule has 0 saturated carbocycles. The summed E-state index contributed by atoms with van der Waals surface area (Å²) in [5, 5.41) is 0. The van der Waals surface area contributed by atoms with Gasteiger partial charge in [0.2, 0.25) is 0 Å². The molecular formula is C31H46O4. The van der Waals surface area contributed by atoms with E-state index >= 15 is 0 Å². The van der Waals surface area contributed by atoms with Crippen LogP contribution in [0.4, 0.5) is 0 Å². The SMILES string of the molecule is CCCCCCCCOC(=O)c1ccccc1C(=O)OCCCCCCCC.Cc1ccccc1. The zero-order valence-electron chi connectivity index (χ0n) is 22.2. The number of aryl methyl sites for hydroxylation is 1. The van der Waals surface area contributed by atoms with Crippen molar-refractivity contribution in [2.24, 2.45) is 0 Å². The lowest BCUT2D eigenvalue weighted by Crippen LogP contribution is -2.15. The molecular weight excluding hydrogens is 436 g/mol. The number of esters is 2. The van der Waals surface area contributed by atoms with Gasteiger partial charge < -0.3 is 9.47 Å². The van der Waals surface area contributed by atoms with Crippen LogP contribution in [0.5, 0.6) is 0 Å². The third-order valence-electron chi connectivity index (χ3n) is 5.77. The predicted molar refractivity (Wildman–Crippen MR) is 145 cm³/mol. The van der Waals surface area contributed by atoms with Crippen molar-refractivity contribution < 1.29 is 19.1 Å². The van der Waals surface area contributed by atoms with Gasteiger partial charge in [-0.2, -0.15) is 0 Å². The first-order valence-corrected chi connectivity index (χ1v) is 13.5. The molecule has 194 valence electrons. The van der Waals surface area contributed by atoms with E-state index in [1.165, 1.54) is 56.9 Å². The van der Waals surface area contributed by atoms with Gasteiger partial charge in [0.25, 0.3) is 0 Å². The number of benzene rings is 2. The molecule has 4 nitrogen and oxygen atoms in total. The fourth-order valence-electron chi connectivity index (χ4n) is 3.62. The van der Waals surface area contributed by atoms with Gasteiger partial charge in [-0.15, -0.1) is 0 Å². The maximum absolute atomic E-state index is 12.4. The zero-order chi connectivity index (χ0) is 25.6. The van der Waals surface area contributed by atoms with Gasteiger partial charge in [-0.3, -0.25) is 0 Å². The summed E-state index contributed by atoms with van der Waals surface area (Å²) in [5.74, 6) is -0.888. The standard InChI is InChI=1S/C24H38O4.C7H8/c1-3-5-7-9-11-15-19-27-23(25)21-17-13-14-18-22(21)24(26)28-20-16-12-10-8-6-4-2;1-7-5-3-2-4-6-7/h13-14,17-18H,3-12,15-16,19-20H2,1-2H3;2-6H,1H3. The smallest absolute Gasteiger partial charge is 0.339 e. The summed E-state index contributed by atoms with van der Waals surface area (Å²) in [6.45, 7) is 7.26. The molecule has 2 aromatic carbocycles. The molecule has 0 unspecified atom stereocenters. The molecule has 4 heteroatoms. The van der Waals surface area contributed by atoms with Gasteiger partial charge in [-0.1, -0.05) is 126 Å². The van der Waals surface area contributed by atoms with E-state index in [2.05, 4.69) is 32.9 Å². The average Bonchev–Trinajstić information content (AvgIpc) is 2.88. The Balaban J connectivity index is 0.000000744. The van der Waals surface area contributed by atoms with Crippen molar-refractivity contribution in [1.29, 1.82) is 0 Å². The Hall–Kier alpha value is -2.62. The van der Waals surface area contributed by atoms with Crippen molar-refractivity contribution >= 4 is 11.9 Å². The van der Waals surface area contributed by atoms with Crippen LogP contribution in [0, 0.1) is 6.92 Å². The van der Waals surface area contributed by atoms with Gasteiger partial charge in [0, 0.05) is 0 Å². The minimum atomic E-state index is -0.444. The summed E-state index contributed by atoms with van der Waals surface area (Å²) in [6, 6.07) is 17.0. The summed E-state index contributed by atoms with van der Waals surface area (Å²) in [5.41, 5.74) is 1.91. The van der Waals surface area contributed by atoms with Crippen molar-refractivity contribution in [2.75, 3.05) is 13.2 Å². The Kier molecular flexibility index (Phi) is 18.0. The summed E-state index contributed by atoms with van der Waals surface area (Å²) >= 11 is 0. The number of ether oxygens (including phenoxy) is 2. The van der Waals surface area contributed by atoms with Crippen LogP contribution in [0.1, 0.15) is 117 Å². The highest BCUT2D eigenvalue weighted by Crippen LogP contribution is 2.14. The average molecular weight is 483 g/mol. The topological polar surface area (TPSA) is 52.6 Å². The Labute approximate surface area is 213 Å². The third kappa shape index (κ3) is 15.1. The number of hydrogen-bond donors (Lipinski definition) is 0. The second kappa shape index (κ2) is 20.7. The first-order valence-electron chi connectivity index (χ1n) is 13.5. The molecule has 0 aliphatic rings. The van der Waals surface area contributed by atoms with Gasteiger partial charge in [0.15, 0.2) is 0 Å². The summed E-state index contributed by atoms with van der Waals surface area (Å²) in [4.78, 5) is 24.7. The molecule has 0 amide bonds. The van der Waals surface area contributed by atoms with E-state index in [4.69, 9.17) is 9.47 Å². The molecule has 0 spiro atoms. The van der Waals surface area contributed by atoms with Gasteiger partial charge >= 0.3 is 11.9 Å². The lowest BCUT2D eigenvalue weighted by molar-refractivity contribution is 0.0450. The van der Waals surface area contributed by atoms with Gasteiger partial charge in [-0.25, -0.2) is 9.59 Å². The molecule has 0 bridgehead atoms. The van der Waals surface area contributed by atoms with Crippen LogP contribution >= 0.6 is 0 Å². The first-order chi connectivity index (χ1) is 17.1. The van der Waals surface area contributed by atoms with Crippen LogP contribution in [0.15, 0.2) is 54.6 Å². The fourth-order valence-corrected chi connectivity index (χ4v) is 3.62. The highest BCUT2D eigenvalue weighted by atomic mass is 16.5. The van der Waals surface area contributed by atoms with Crippen LogP contribution in [-0.4, -0.2) is 25.2 Å².